The summed E-state index contributed by atoms with van der Waals surface area (Å²) in [5.74, 6) is 0. The molecule has 4 nitrogen and oxygen atoms in total. The van der Waals surface area contributed by atoms with Crippen LogP contribution in [0.25, 0.3) is 78.1 Å². The molecule has 0 bridgehead atoms. The van der Waals surface area contributed by atoms with E-state index in [9.17, 15) is 0 Å². The lowest BCUT2D eigenvalue weighted by Crippen LogP contribution is -2.23. The second-order valence-electron chi connectivity index (χ2n) is 13.7. The van der Waals surface area contributed by atoms with E-state index in [-0.39, 0.29) is 5.41 Å². The van der Waals surface area contributed by atoms with Crippen LogP contribution in [0.4, 0.5) is 0 Å². The van der Waals surface area contributed by atoms with E-state index < -0.39 is 0 Å². The Hall–Kier alpha value is -6.26. The average molecular weight is 657 g/mol. The molecule has 3 aromatic heterocycles. The van der Waals surface area contributed by atoms with Gasteiger partial charge in [-0.05, 0) is 90.0 Å². The lowest BCUT2D eigenvalue weighted by Gasteiger charge is -2.29. The number of benzene rings is 5. The summed E-state index contributed by atoms with van der Waals surface area (Å²) < 4.78 is 0. The Kier molecular flexibility index (Phi) is 7.78. The highest BCUT2D eigenvalue weighted by Gasteiger charge is 2.28. The van der Waals surface area contributed by atoms with E-state index in [1.54, 1.807) is 0 Å². The maximum absolute atomic E-state index is 5.22. The molecule has 3 heterocycles. The molecule has 4 heteroatoms. The first kappa shape index (κ1) is 30.8. The summed E-state index contributed by atoms with van der Waals surface area (Å²) in [6.45, 7) is 2.31. The minimum Gasteiger partial charge on any atom is -0.252 e. The van der Waals surface area contributed by atoms with Crippen molar-refractivity contribution in [3.8, 4) is 56.0 Å². The highest BCUT2D eigenvalue weighted by Crippen LogP contribution is 2.38. The smallest absolute Gasteiger partial charge is 0.0900 e. The number of nitrogens with zero attached hydrogens (tertiary/aromatic N) is 4. The molecule has 0 radical (unpaired) electrons. The third-order valence-corrected chi connectivity index (χ3v) is 10.1. The SMILES string of the molecule is CC1(c2cc(-c3ccc4nc5cc(-c6cc(-c7ccccc7)nc(-c7ccccc7)c6)ccc5nc4c3)cc(-c3ccccc3)n2)C=CCCC1. The molecule has 0 N–H and O–H groups in total. The van der Waals surface area contributed by atoms with Gasteiger partial charge in [-0.1, -0.05) is 122 Å². The molecule has 0 aliphatic heterocycles. The number of allylic oxidation sites excluding steroid dienone is 2. The monoisotopic (exact) mass is 656 g/mol. The number of fused-ring (bicyclic) bond motifs is 2. The highest BCUT2D eigenvalue weighted by atomic mass is 14.8. The Balaban J connectivity index is 1.12. The van der Waals surface area contributed by atoms with Crippen molar-refractivity contribution in [3.63, 3.8) is 0 Å². The van der Waals surface area contributed by atoms with Crippen molar-refractivity contribution in [1.29, 1.82) is 0 Å². The molecule has 0 amide bonds. The first-order valence-corrected chi connectivity index (χ1v) is 17.7. The Labute approximate surface area is 298 Å². The zero-order valence-electron chi connectivity index (χ0n) is 28.5. The van der Waals surface area contributed by atoms with Crippen LogP contribution >= 0.6 is 0 Å². The highest BCUT2D eigenvalue weighted by molar-refractivity contribution is 5.91. The van der Waals surface area contributed by atoms with Crippen molar-refractivity contribution >= 4 is 22.1 Å². The summed E-state index contributed by atoms with van der Waals surface area (Å²) in [5.41, 5.74) is 15.0. The zero-order chi connectivity index (χ0) is 34.2. The van der Waals surface area contributed by atoms with Crippen LogP contribution < -0.4 is 0 Å². The molecule has 9 rings (SSSR count). The fraction of sp³-hybridized carbons (Fsp3) is 0.106. The zero-order valence-corrected chi connectivity index (χ0v) is 28.5. The van der Waals surface area contributed by atoms with Crippen LogP contribution in [0.1, 0.15) is 31.9 Å². The van der Waals surface area contributed by atoms with Crippen molar-refractivity contribution in [1.82, 2.24) is 19.9 Å². The first-order chi connectivity index (χ1) is 25.1. The lowest BCUT2D eigenvalue weighted by molar-refractivity contribution is 0.484. The topological polar surface area (TPSA) is 51.6 Å². The minimum atomic E-state index is -0.0963. The molecule has 1 atom stereocenters. The lowest BCUT2D eigenvalue weighted by atomic mass is 9.77. The van der Waals surface area contributed by atoms with Gasteiger partial charge >= 0.3 is 0 Å². The molecule has 0 saturated heterocycles. The fourth-order valence-corrected chi connectivity index (χ4v) is 7.22. The van der Waals surface area contributed by atoms with Crippen molar-refractivity contribution in [2.75, 3.05) is 0 Å². The molecule has 0 fully saturated rings. The normalized spacial score (nSPS) is 15.7. The molecule has 0 saturated carbocycles. The Morgan fingerprint density at radius 1 is 0.412 bits per heavy atom. The van der Waals surface area contributed by atoms with Crippen molar-refractivity contribution in [2.24, 2.45) is 0 Å². The summed E-state index contributed by atoms with van der Waals surface area (Å²) in [7, 11) is 0. The maximum Gasteiger partial charge on any atom is 0.0900 e. The molecule has 1 aliphatic rings. The van der Waals surface area contributed by atoms with Crippen LogP contribution in [0.5, 0.6) is 0 Å². The van der Waals surface area contributed by atoms with Gasteiger partial charge in [0.1, 0.15) is 0 Å². The predicted octanol–water partition coefficient (Wildman–Crippen LogP) is 11.9. The Bertz CT molecular complexity index is 2500. The van der Waals surface area contributed by atoms with Gasteiger partial charge in [0, 0.05) is 22.1 Å². The van der Waals surface area contributed by atoms with Crippen LogP contribution in [0.3, 0.4) is 0 Å². The van der Waals surface area contributed by atoms with E-state index in [0.29, 0.717) is 0 Å². The summed E-state index contributed by atoms with van der Waals surface area (Å²) in [4.78, 5) is 20.5. The molecule has 8 aromatic rings. The molecule has 244 valence electrons. The third-order valence-electron chi connectivity index (χ3n) is 10.1. The van der Waals surface area contributed by atoms with Gasteiger partial charge in [-0.25, -0.2) is 15.0 Å². The Morgan fingerprint density at radius 2 is 0.882 bits per heavy atom. The number of hydrogen-bond donors (Lipinski definition) is 0. The van der Waals surface area contributed by atoms with E-state index in [2.05, 4.69) is 159 Å². The van der Waals surface area contributed by atoms with Crippen molar-refractivity contribution in [2.45, 2.75) is 31.6 Å². The largest absolute Gasteiger partial charge is 0.252 e. The fourth-order valence-electron chi connectivity index (χ4n) is 7.22. The van der Waals surface area contributed by atoms with E-state index in [1.165, 1.54) is 6.42 Å². The van der Waals surface area contributed by atoms with Gasteiger partial charge in [0.15, 0.2) is 0 Å². The van der Waals surface area contributed by atoms with E-state index in [4.69, 9.17) is 19.9 Å². The molecule has 5 aromatic carbocycles. The van der Waals surface area contributed by atoms with Crippen LogP contribution in [-0.4, -0.2) is 19.9 Å². The van der Waals surface area contributed by atoms with Gasteiger partial charge in [-0.3, -0.25) is 4.98 Å². The van der Waals surface area contributed by atoms with Gasteiger partial charge in [0.05, 0.1) is 44.8 Å². The molecule has 0 spiro atoms. The molecular weight excluding hydrogens is 621 g/mol. The quantitative estimate of drug-likeness (QED) is 0.132. The second kappa shape index (κ2) is 12.9. The third kappa shape index (κ3) is 6.10. The van der Waals surface area contributed by atoms with Crippen molar-refractivity contribution < 1.29 is 0 Å². The van der Waals surface area contributed by atoms with Crippen LogP contribution in [0.2, 0.25) is 0 Å². The van der Waals surface area contributed by atoms with Gasteiger partial charge in [0.25, 0.3) is 0 Å². The first-order valence-electron chi connectivity index (χ1n) is 17.7. The van der Waals surface area contributed by atoms with Gasteiger partial charge in [0.2, 0.25) is 0 Å². The summed E-state index contributed by atoms with van der Waals surface area (Å²) in [5, 5.41) is 0. The number of aromatic nitrogens is 4. The molecule has 1 unspecified atom stereocenters. The van der Waals surface area contributed by atoms with Gasteiger partial charge < -0.3 is 0 Å². The maximum atomic E-state index is 5.22. The Morgan fingerprint density at radius 3 is 1.35 bits per heavy atom. The standard InChI is InChI=1S/C47H36N4/c1-47(24-12-5-13-25-47)46-31-38(30-43(51-46)34-18-10-4-11-19-34)36-21-23-40-45(27-36)49-39-22-20-35(26-44(39)48-40)37-28-41(32-14-6-2-7-15-32)50-42(29-37)33-16-8-3-9-17-33/h2-4,6-12,14-24,26-31H,5,13,25H2,1H3. The summed E-state index contributed by atoms with van der Waals surface area (Å²) in [6, 6.07) is 52.8. The molecule has 51 heavy (non-hydrogen) atoms. The van der Waals surface area contributed by atoms with Gasteiger partial charge in [-0.2, -0.15) is 0 Å². The van der Waals surface area contributed by atoms with E-state index in [1.807, 2.05) is 12.1 Å². The predicted molar refractivity (Wildman–Crippen MR) is 210 cm³/mol. The van der Waals surface area contributed by atoms with E-state index in [0.717, 1.165) is 96.6 Å². The number of pyridine rings is 2. The summed E-state index contributed by atoms with van der Waals surface area (Å²) in [6.07, 6.45) is 8.04. The van der Waals surface area contributed by atoms with E-state index >= 15 is 0 Å². The van der Waals surface area contributed by atoms with Crippen LogP contribution in [0, 0.1) is 0 Å². The minimum absolute atomic E-state index is 0.0963. The molecular formula is C47H36N4. The van der Waals surface area contributed by atoms with Gasteiger partial charge in [-0.15, -0.1) is 0 Å². The summed E-state index contributed by atoms with van der Waals surface area (Å²) >= 11 is 0. The number of hydrogen-bond acceptors (Lipinski definition) is 4. The van der Waals surface area contributed by atoms with Crippen LogP contribution in [-0.2, 0) is 5.41 Å². The van der Waals surface area contributed by atoms with Crippen LogP contribution in [0.15, 0.2) is 164 Å². The average Bonchev–Trinajstić information content (AvgIpc) is 3.20. The van der Waals surface area contributed by atoms with Crippen molar-refractivity contribution in [3.05, 3.63) is 170 Å². The number of rotatable bonds is 6. The molecule has 1 aliphatic carbocycles. The second-order valence-corrected chi connectivity index (χ2v) is 13.7.